The van der Waals surface area contributed by atoms with Crippen molar-refractivity contribution in [2.45, 2.75) is 64.2 Å². The van der Waals surface area contributed by atoms with Gasteiger partial charge in [-0.3, -0.25) is 0 Å². The Hall–Kier alpha value is 0. The molecule has 6 saturated carbocycles. The summed E-state index contributed by atoms with van der Waals surface area (Å²) >= 11 is 0. The fourth-order valence-corrected chi connectivity index (χ4v) is 7.53. The van der Waals surface area contributed by atoms with Crippen LogP contribution in [0.1, 0.15) is 64.2 Å². The Morgan fingerprint density at radius 1 is 0.300 bits per heavy atom. The monoisotopic (exact) mass is 270 g/mol. The molecule has 0 saturated heterocycles. The van der Waals surface area contributed by atoms with Crippen LogP contribution in [-0.2, 0) is 0 Å². The highest BCUT2D eigenvalue weighted by molar-refractivity contribution is 5.08. The molecule has 0 aromatic rings. The lowest BCUT2D eigenvalue weighted by Crippen LogP contribution is -2.49. The van der Waals surface area contributed by atoms with Gasteiger partial charge in [-0.1, -0.05) is 0 Å². The zero-order chi connectivity index (χ0) is 12.8. The summed E-state index contributed by atoms with van der Waals surface area (Å²) in [7, 11) is 0. The molecule has 0 heteroatoms. The Bertz CT molecular complexity index is 386. The van der Waals surface area contributed by atoms with E-state index < -0.39 is 0 Å². The summed E-state index contributed by atoms with van der Waals surface area (Å²) in [6.45, 7) is 0. The summed E-state index contributed by atoms with van der Waals surface area (Å²) in [4.78, 5) is 0. The number of hydrogen-bond acceptors (Lipinski definition) is 0. The first-order valence-electron chi connectivity index (χ1n) is 9.90. The summed E-state index contributed by atoms with van der Waals surface area (Å²) in [6, 6.07) is 0. The van der Waals surface area contributed by atoms with E-state index in [1.165, 1.54) is 59.2 Å². The molecule has 6 aliphatic carbocycles. The van der Waals surface area contributed by atoms with E-state index in [9.17, 15) is 0 Å². The topological polar surface area (TPSA) is 0 Å². The normalized spacial score (nSPS) is 66.0. The van der Waals surface area contributed by atoms with Crippen LogP contribution in [0.4, 0.5) is 0 Å². The molecule has 0 heterocycles. The largest absolute Gasteiger partial charge is 0.0499 e. The fourth-order valence-electron chi connectivity index (χ4n) is 7.53. The lowest BCUT2D eigenvalue weighted by Gasteiger charge is -2.57. The summed E-state index contributed by atoms with van der Waals surface area (Å²) < 4.78 is 0. The lowest BCUT2D eigenvalue weighted by atomic mass is 9.48. The van der Waals surface area contributed by atoms with Crippen LogP contribution < -0.4 is 0 Å². The van der Waals surface area contributed by atoms with E-state index in [0.29, 0.717) is 0 Å². The molecule has 10 atom stereocenters. The first-order valence-corrected chi connectivity index (χ1v) is 9.90. The molecule has 0 amide bonds. The molecule has 0 aliphatic heterocycles. The second-order valence-corrected chi connectivity index (χ2v) is 9.61. The zero-order valence-electron chi connectivity index (χ0n) is 12.8. The van der Waals surface area contributed by atoms with Gasteiger partial charge in [0.25, 0.3) is 0 Å². The van der Waals surface area contributed by atoms with E-state index in [1.807, 2.05) is 0 Å². The molecule has 0 radical (unpaired) electrons. The van der Waals surface area contributed by atoms with E-state index in [2.05, 4.69) is 0 Å². The van der Waals surface area contributed by atoms with Crippen LogP contribution in [-0.4, -0.2) is 0 Å². The number of hydrogen-bond donors (Lipinski definition) is 0. The molecule has 0 aromatic carbocycles. The van der Waals surface area contributed by atoms with Gasteiger partial charge in [0.2, 0.25) is 0 Å². The molecule has 0 spiro atoms. The molecule has 110 valence electrons. The van der Waals surface area contributed by atoms with E-state index in [4.69, 9.17) is 0 Å². The minimum Gasteiger partial charge on any atom is -0.0499 e. The average molecular weight is 270 g/mol. The third-order valence-corrected chi connectivity index (χ3v) is 9.21. The fraction of sp³-hybridized carbons (Fsp3) is 1.00. The molecule has 0 bridgehead atoms. The molecule has 10 unspecified atom stereocenters. The van der Waals surface area contributed by atoms with Gasteiger partial charge in [0, 0.05) is 0 Å². The highest BCUT2D eigenvalue weighted by atomic mass is 14.6. The second kappa shape index (κ2) is 3.85. The van der Waals surface area contributed by atoms with Gasteiger partial charge in [0.15, 0.2) is 0 Å². The van der Waals surface area contributed by atoms with Crippen molar-refractivity contribution in [3.8, 4) is 0 Å². The minimum absolute atomic E-state index is 1.19. The van der Waals surface area contributed by atoms with E-state index in [-0.39, 0.29) is 0 Å². The second-order valence-electron chi connectivity index (χ2n) is 9.61. The quantitative estimate of drug-likeness (QED) is 0.572. The average Bonchev–Trinajstić information content (AvgIpc) is 3.23. The van der Waals surface area contributed by atoms with Crippen LogP contribution in [0.3, 0.4) is 0 Å². The van der Waals surface area contributed by atoms with E-state index in [0.717, 1.165) is 0 Å². The van der Waals surface area contributed by atoms with Crippen LogP contribution in [0.5, 0.6) is 0 Å². The maximum Gasteiger partial charge on any atom is -0.0352 e. The molecule has 0 aromatic heterocycles. The third-order valence-electron chi connectivity index (χ3n) is 9.21. The van der Waals surface area contributed by atoms with Gasteiger partial charge in [0.05, 0.1) is 0 Å². The molecule has 0 N–H and O–H groups in total. The Kier molecular flexibility index (Phi) is 2.22. The Morgan fingerprint density at radius 3 is 0.900 bits per heavy atom. The summed E-state index contributed by atoms with van der Waals surface area (Å²) in [5, 5.41) is 0. The van der Waals surface area contributed by atoms with Gasteiger partial charge in [-0.15, -0.1) is 0 Å². The van der Waals surface area contributed by atoms with Gasteiger partial charge in [-0.05, 0) is 123 Å². The van der Waals surface area contributed by atoms with Crippen molar-refractivity contribution in [1.29, 1.82) is 0 Å². The predicted molar refractivity (Wildman–Crippen MR) is 81.1 cm³/mol. The van der Waals surface area contributed by atoms with E-state index in [1.54, 1.807) is 64.2 Å². The zero-order valence-corrected chi connectivity index (χ0v) is 12.8. The molecule has 6 fully saturated rings. The number of rotatable bonds is 0. The van der Waals surface area contributed by atoms with Gasteiger partial charge >= 0.3 is 0 Å². The SMILES string of the molecule is C1CC2CC2C2CCC2C2CCC2C2CCC2C2CC12. The Balaban J connectivity index is 1.28. The van der Waals surface area contributed by atoms with Crippen molar-refractivity contribution in [2.75, 3.05) is 0 Å². The molecule has 20 heavy (non-hydrogen) atoms. The Morgan fingerprint density at radius 2 is 0.600 bits per heavy atom. The standard InChI is InChI=1S/C20H30/c1-2-12-10-20(12)18-8-6-16(18)14-4-3-13(14)15-5-7-17(15)19-9-11(1)19/h11-20H,1-10H2. The predicted octanol–water partition coefficient (Wildman–Crippen LogP) is 5.13. The summed E-state index contributed by atoms with van der Waals surface area (Å²) in [5.41, 5.74) is 0. The van der Waals surface area contributed by atoms with Crippen molar-refractivity contribution in [2.24, 2.45) is 59.2 Å². The van der Waals surface area contributed by atoms with Gasteiger partial charge in [-0.2, -0.15) is 0 Å². The molecule has 6 rings (SSSR count). The highest BCUT2D eigenvalue weighted by Gasteiger charge is 2.59. The summed E-state index contributed by atoms with van der Waals surface area (Å²) in [6.07, 6.45) is 16.3. The molecular weight excluding hydrogens is 240 g/mol. The first-order chi connectivity index (χ1) is 9.90. The van der Waals surface area contributed by atoms with E-state index >= 15 is 0 Å². The van der Waals surface area contributed by atoms with Crippen LogP contribution >= 0.6 is 0 Å². The van der Waals surface area contributed by atoms with Crippen molar-refractivity contribution >= 4 is 0 Å². The van der Waals surface area contributed by atoms with Gasteiger partial charge < -0.3 is 0 Å². The smallest absolute Gasteiger partial charge is 0.0352 e. The lowest BCUT2D eigenvalue weighted by molar-refractivity contribution is -0.0749. The van der Waals surface area contributed by atoms with Gasteiger partial charge in [-0.25, -0.2) is 0 Å². The van der Waals surface area contributed by atoms with Crippen LogP contribution in [0, 0.1) is 59.2 Å². The maximum absolute atomic E-state index is 1.64. The Labute approximate surface area is 124 Å². The first kappa shape index (κ1) is 11.6. The van der Waals surface area contributed by atoms with Crippen molar-refractivity contribution < 1.29 is 0 Å². The van der Waals surface area contributed by atoms with Crippen LogP contribution in [0.25, 0.3) is 0 Å². The summed E-state index contributed by atoms with van der Waals surface area (Å²) in [5.74, 6) is 12.1. The van der Waals surface area contributed by atoms with Crippen molar-refractivity contribution in [3.63, 3.8) is 0 Å². The highest BCUT2D eigenvalue weighted by Crippen LogP contribution is 2.67. The van der Waals surface area contributed by atoms with Crippen molar-refractivity contribution in [1.82, 2.24) is 0 Å². The molecule has 0 nitrogen and oxygen atoms in total. The number of fused-ring (bicyclic) bond motifs is 9. The van der Waals surface area contributed by atoms with Crippen LogP contribution in [0.2, 0.25) is 0 Å². The molecule has 6 aliphatic rings. The maximum atomic E-state index is 1.64. The van der Waals surface area contributed by atoms with Crippen molar-refractivity contribution in [3.05, 3.63) is 0 Å². The minimum atomic E-state index is 1.19. The van der Waals surface area contributed by atoms with Gasteiger partial charge in [0.1, 0.15) is 0 Å². The van der Waals surface area contributed by atoms with Crippen LogP contribution in [0.15, 0.2) is 0 Å². The molecular formula is C20H30. The third kappa shape index (κ3) is 1.45.